The molecule has 1 heterocycles. The van der Waals surface area contributed by atoms with Gasteiger partial charge >= 0.3 is 5.97 Å². The molecule has 19 heavy (non-hydrogen) atoms. The second kappa shape index (κ2) is 5.83. The van der Waals surface area contributed by atoms with Crippen molar-refractivity contribution in [2.24, 2.45) is 0 Å². The minimum absolute atomic E-state index is 0.0431. The van der Waals surface area contributed by atoms with Crippen LogP contribution in [0.1, 0.15) is 16.2 Å². The molecule has 1 aromatic carbocycles. The Kier molecular flexibility index (Phi) is 4.16. The summed E-state index contributed by atoms with van der Waals surface area (Å²) in [6.07, 6.45) is 1.48. The highest BCUT2D eigenvalue weighted by Gasteiger charge is 2.12. The number of carbonyl (C=O) groups is 1. The minimum atomic E-state index is -0.552. The van der Waals surface area contributed by atoms with Crippen LogP contribution < -0.4 is 4.74 Å². The van der Waals surface area contributed by atoms with Gasteiger partial charge in [0.25, 0.3) is 5.82 Å². The van der Waals surface area contributed by atoms with Crippen molar-refractivity contribution < 1.29 is 14.3 Å². The van der Waals surface area contributed by atoms with Gasteiger partial charge in [0, 0.05) is 4.47 Å². The predicted octanol–water partition coefficient (Wildman–Crippen LogP) is 1.88. The number of rotatable bonds is 4. The van der Waals surface area contributed by atoms with E-state index in [1.54, 1.807) is 11.8 Å². The number of ether oxygens (including phenoxy) is 2. The van der Waals surface area contributed by atoms with E-state index < -0.39 is 5.97 Å². The van der Waals surface area contributed by atoms with Gasteiger partial charge in [-0.2, -0.15) is 0 Å². The largest absolute Gasteiger partial charge is 0.497 e. The fourth-order valence-corrected chi connectivity index (χ4v) is 1.90. The van der Waals surface area contributed by atoms with Crippen LogP contribution in [0, 0.1) is 0 Å². The number of esters is 1. The summed E-state index contributed by atoms with van der Waals surface area (Å²) in [7, 11) is 2.90. The first-order valence-corrected chi connectivity index (χ1v) is 6.23. The molecular formula is C12H12BrN3O3. The molecule has 2 aromatic rings. The van der Waals surface area contributed by atoms with Crippen LogP contribution in [0.2, 0.25) is 0 Å². The number of aromatic nitrogens is 3. The molecule has 0 aliphatic carbocycles. The van der Waals surface area contributed by atoms with Crippen LogP contribution in [0.15, 0.2) is 29.0 Å². The molecule has 0 fully saturated rings. The zero-order valence-corrected chi connectivity index (χ0v) is 12.0. The summed E-state index contributed by atoms with van der Waals surface area (Å²) in [6, 6.07) is 5.64. The summed E-state index contributed by atoms with van der Waals surface area (Å²) in [5.41, 5.74) is 0.973. The maximum absolute atomic E-state index is 11.3. The van der Waals surface area contributed by atoms with Crippen molar-refractivity contribution in [1.29, 1.82) is 0 Å². The maximum Gasteiger partial charge on any atom is 0.377 e. The van der Waals surface area contributed by atoms with E-state index in [-0.39, 0.29) is 5.82 Å². The Morgan fingerprint density at radius 3 is 2.89 bits per heavy atom. The second-order valence-corrected chi connectivity index (χ2v) is 4.57. The molecule has 0 spiro atoms. The molecule has 0 aliphatic heterocycles. The molecule has 2 rings (SSSR count). The average Bonchev–Trinajstić information content (AvgIpc) is 2.89. The molecule has 0 aliphatic rings. The maximum atomic E-state index is 11.3. The van der Waals surface area contributed by atoms with Crippen molar-refractivity contribution in [1.82, 2.24) is 14.8 Å². The minimum Gasteiger partial charge on any atom is -0.497 e. The molecule has 0 radical (unpaired) electrons. The van der Waals surface area contributed by atoms with E-state index in [0.717, 1.165) is 15.8 Å². The smallest absolute Gasteiger partial charge is 0.377 e. The van der Waals surface area contributed by atoms with Crippen LogP contribution >= 0.6 is 15.9 Å². The van der Waals surface area contributed by atoms with Crippen molar-refractivity contribution in [3.8, 4) is 5.75 Å². The third kappa shape index (κ3) is 3.11. The Labute approximate surface area is 118 Å². The molecule has 7 heteroatoms. The molecule has 0 bridgehead atoms. The van der Waals surface area contributed by atoms with Gasteiger partial charge in [0.05, 0.1) is 20.8 Å². The van der Waals surface area contributed by atoms with E-state index in [4.69, 9.17) is 4.74 Å². The summed E-state index contributed by atoms with van der Waals surface area (Å²) >= 11 is 3.46. The summed E-state index contributed by atoms with van der Waals surface area (Å²) in [4.78, 5) is 15.1. The van der Waals surface area contributed by atoms with E-state index in [9.17, 15) is 4.79 Å². The number of hydrogen-bond donors (Lipinski definition) is 0. The highest BCUT2D eigenvalue weighted by Crippen LogP contribution is 2.23. The van der Waals surface area contributed by atoms with Crippen molar-refractivity contribution in [3.05, 3.63) is 40.4 Å². The second-order valence-electron chi connectivity index (χ2n) is 3.71. The zero-order chi connectivity index (χ0) is 13.8. The van der Waals surface area contributed by atoms with E-state index >= 15 is 0 Å². The van der Waals surface area contributed by atoms with E-state index in [1.807, 2.05) is 18.2 Å². The molecule has 0 saturated carbocycles. The zero-order valence-electron chi connectivity index (χ0n) is 10.5. The number of nitrogens with zero attached hydrogens (tertiary/aromatic N) is 3. The first-order valence-electron chi connectivity index (χ1n) is 5.44. The number of benzene rings is 1. The van der Waals surface area contributed by atoms with Gasteiger partial charge in [-0.05, 0) is 23.8 Å². The molecule has 0 N–H and O–H groups in total. The summed E-state index contributed by atoms with van der Waals surface area (Å²) in [5, 5.41) is 4.04. The Balaban J connectivity index is 2.21. The lowest BCUT2D eigenvalue weighted by atomic mass is 10.2. The highest BCUT2D eigenvalue weighted by atomic mass is 79.9. The first-order chi connectivity index (χ1) is 9.13. The van der Waals surface area contributed by atoms with Gasteiger partial charge in [-0.1, -0.05) is 15.9 Å². The van der Waals surface area contributed by atoms with Gasteiger partial charge in [0.1, 0.15) is 12.1 Å². The van der Waals surface area contributed by atoms with Gasteiger partial charge in [0.15, 0.2) is 0 Å². The van der Waals surface area contributed by atoms with Gasteiger partial charge in [-0.25, -0.2) is 14.5 Å². The van der Waals surface area contributed by atoms with Crippen LogP contribution in [-0.4, -0.2) is 35.0 Å². The van der Waals surface area contributed by atoms with Crippen molar-refractivity contribution >= 4 is 21.9 Å². The molecular weight excluding hydrogens is 314 g/mol. The third-order valence-electron chi connectivity index (χ3n) is 2.49. The summed E-state index contributed by atoms with van der Waals surface area (Å²) in [5.74, 6) is 0.247. The van der Waals surface area contributed by atoms with E-state index in [0.29, 0.717) is 6.54 Å². The predicted molar refractivity (Wildman–Crippen MR) is 71.2 cm³/mol. The van der Waals surface area contributed by atoms with Crippen LogP contribution in [0.3, 0.4) is 0 Å². The average molecular weight is 326 g/mol. The Hall–Kier alpha value is -1.89. The lowest BCUT2D eigenvalue weighted by Gasteiger charge is -2.07. The molecule has 1 aromatic heterocycles. The number of hydrogen-bond acceptors (Lipinski definition) is 5. The topological polar surface area (TPSA) is 66.2 Å². The Morgan fingerprint density at radius 2 is 2.21 bits per heavy atom. The lowest BCUT2D eigenvalue weighted by molar-refractivity contribution is 0.0586. The normalized spacial score (nSPS) is 10.3. The monoisotopic (exact) mass is 325 g/mol. The lowest BCUT2D eigenvalue weighted by Crippen LogP contribution is -2.06. The molecule has 100 valence electrons. The van der Waals surface area contributed by atoms with Crippen LogP contribution in [0.25, 0.3) is 0 Å². The third-order valence-corrected chi connectivity index (χ3v) is 3.26. The fourth-order valence-electron chi connectivity index (χ4n) is 1.53. The van der Waals surface area contributed by atoms with Gasteiger partial charge in [-0.3, -0.25) is 0 Å². The number of methoxy groups -OCH3 is 2. The number of carbonyl (C=O) groups excluding carboxylic acids is 1. The molecule has 0 atom stereocenters. The van der Waals surface area contributed by atoms with Gasteiger partial charge in [-0.15, -0.1) is 5.10 Å². The van der Waals surface area contributed by atoms with E-state index in [2.05, 4.69) is 30.7 Å². The number of halogens is 1. The van der Waals surface area contributed by atoms with Gasteiger partial charge in [0.2, 0.25) is 0 Å². The fraction of sp³-hybridized carbons (Fsp3) is 0.250. The van der Waals surface area contributed by atoms with Crippen molar-refractivity contribution in [2.45, 2.75) is 6.54 Å². The van der Waals surface area contributed by atoms with Gasteiger partial charge < -0.3 is 9.47 Å². The van der Waals surface area contributed by atoms with E-state index in [1.165, 1.54) is 13.4 Å². The van der Waals surface area contributed by atoms with Crippen molar-refractivity contribution in [2.75, 3.05) is 14.2 Å². The van der Waals surface area contributed by atoms with Crippen molar-refractivity contribution in [3.63, 3.8) is 0 Å². The molecule has 0 amide bonds. The summed E-state index contributed by atoms with van der Waals surface area (Å²) in [6.45, 7) is 0.474. The Morgan fingerprint density at radius 1 is 1.42 bits per heavy atom. The molecule has 0 saturated heterocycles. The highest BCUT2D eigenvalue weighted by molar-refractivity contribution is 9.10. The SMILES string of the molecule is COC(=O)c1ncn(Cc2cc(OC)ccc2Br)n1. The molecule has 6 nitrogen and oxygen atoms in total. The standard InChI is InChI=1S/C12H12BrN3O3/c1-18-9-3-4-10(13)8(5-9)6-16-7-14-11(15-16)12(17)19-2/h3-5,7H,6H2,1-2H3. The van der Waals surface area contributed by atoms with Crippen LogP contribution in [-0.2, 0) is 11.3 Å². The first kappa shape index (κ1) is 13.5. The quantitative estimate of drug-likeness (QED) is 0.803. The summed E-state index contributed by atoms with van der Waals surface area (Å²) < 4.78 is 12.2. The molecule has 0 unspecified atom stereocenters. The van der Waals surface area contributed by atoms with Crippen LogP contribution in [0.5, 0.6) is 5.75 Å². The Bertz CT molecular complexity index is 598. The van der Waals surface area contributed by atoms with Crippen LogP contribution in [0.4, 0.5) is 0 Å².